The molecule has 1 aliphatic heterocycles. The van der Waals surface area contributed by atoms with Gasteiger partial charge in [0.2, 0.25) is 0 Å². The number of hydrogen-bond acceptors (Lipinski definition) is 5. The van der Waals surface area contributed by atoms with Gasteiger partial charge in [0, 0.05) is 10.8 Å². The Morgan fingerprint density at radius 2 is 1.51 bits per heavy atom. The summed E-state index contributed by atoms with van der Waals surface area (Å²) in [6.07, 6.45) is -0.0490. The van der Waals surface area contributed by atoms with Crippen molar-refractivity contribution >= 4 is 28.5 Å². The molecule has 0 bridgehead atoms. The molecule has 0 aromatic heterocycles. The quantitative estimate of drug-likeness (QED) is 0.229. The highest BCUT2D eigenvalue weighted by Gasteiger charge is 2.46. The van der Waals surface area contributed by atoms with Gasteiger partial charge in [0.25, 0.3) is 0 Å². The van der Waals surface area contributed by atoms with Crippen molar-refractivity contribution in [2.24, 2.45) is 5.92 Å². The standard InChI is InChI=1S/C32H32O4S/c1-3-28-22(2)29(34-21-23-18-19-24-12-10-11-15-26(24)20-23)30(36-31(33)25-13-6-4-7-14-25)32(35-28)37-27-16-8-5-9-17-27/h4-20,22,28-30,32H,3,21H2,1-2H3/t22-,28?,29+,30?,32-/m1/s1. The largest absolute Gasteiger partial charge is 0.452 e. The number of carbonyl (C=O) groups excluding carboxylic acids is 1. The fourth-order valence-electron chi connectivity index (χ4n) is 4.89. The van der Waals surface area contributed by atoms with E-state index in [1.54, 1.807) is 23.9 Å². The predicted molar refractivity (Wildman–Crippen MR) is 149 cm³/mol. The second-order valence-electron chi connectivity index (χ2n) is 9.43. The minimum absolute atomic E-state index is 0.00510. The van der Waals surface area contributed by atoms with Gasteiger partial charge in [-0.2, -0.15) is 0 Å². The van der Waals surface area contributed by atoms with Crippen LogP contribution in [0.4, 0.5) is 0 Å². The van der Waals surface area contributed by atoms with Crippen LogP contribution in [0.1, 0.15) is 36.2 Å². The summed E-state index contributed by atoms with van der Waals surface area (Å²) in [5.41, 5.74) is 1.22. The van der Waals surface area contributed by atoms with Crippen LogP contribution >= 0.6 is 11.8 Å². The Morgan fingerprint density at radius 1 is 0.838 bits per heavy atom. The molecule has 0 aliphatic carbocycles. The van der Waals surface area contributed by atoms with Gasteiger partial charge in [0.15, 0.2) is 6.10 Å². The summed E-state index contributed by atoms with van der Waals surface area (Å²) in [7, 11) is 0. The van der Waals surface area contributed by atoms with Gasteiger partial charge in [-0.1, -0.05) is 98.4 Å². The average Bonchev–Trinajstić information content (AvgIpc) is 2.95. The summed E-state index contributed by atoms with van der Waals surface area (Å²) < 4.78 is 19.3. The van der Waals surface area contributed by atoms with Crippen LogP contribution in [0.3, 0.4) is 0 Å². The highest BCUT2D eigenvalue weighted by molar-refractivity contribution is 7.99. The van der Waals surface area contributed by atoms with E-state index in [-0.39, 0.29) is 24.1 Å². The first-order chi connectivity index (χ1) is 18.1. The third kappa shape index (κ3) is 6.07. The number of fused-ring (bicyclic) bond motifs is 1. The summed E-state index contributed by atoms with van der Waals surface area (Å²) in [6.45, 7) is 4.69. The van der Waals surface area contributed by atoms with Crippen LogP contribution in [0.25, 0.3) is 10.8 Å². The molecular formula is C32H32O4S. The van der Waals surface area contributed by atoms with E-state index in [0.717, 1.165) is 16.9 Å². The molecule has 0 spiro atoms. The first-order valence-electron chi connectivity index (χ1n) is 12.8. The molecule has 0 amide bonds. The van der Waals surface area contributed by atoms with E-state index < -0.39 is 11.5 Å². The molecule has 0 N–H and O–H groups in total. The molecule has 1 heterocycles. The summed E-state index contributed by atoms with van der Waals surface area (Å²) in [5.74, 6) is -0.319. The highest BCUT2D eigenvalue weighted by atomic mass is 32.2. The van der Waals surface area contributed by atoms with Crippen molar-refractivity contribution in [1.29, 1.82) is 0 Å². The molecule has 190 valence electrons. The lowest BCUT2D eigenvalue weighted by Gasteiger charge is -2.44. The van der Waals surface area contributed by atoms with Crippen LogP contribution in [-0.2, 0) is 20.8 Å². The third-order valence-corrected chi connectivity index (χ3v) is 8.07. The zero-order valence-corrected chi connectivity index (χ0v) is 22.0. The molecule has 5 heteroatoms. The second kappa shape index (κ2) is 12.0. The zero-order chi connectivity index (χ0) is 25.6. The summed E-state index contributed by atoms with van der Waals surface area (Å²) in [6, 6.07) is 33.9. The Balaban J connectivity index is 1.42. The fourth-order valence-corrected chi connectivity index (χ4v) is 6.02. The Kier molecular flexibility index (Phi) is 8.24. The lowest BCUT2D eigenvalue weighted by molar-refractivity contribution is -0.190. The maximum atomic E-state index is 13.2. The van der Waals surface area contributed by atoms with Gasteiger partial charge in [-0.15, -0.1) is 0 Å². The van der Waals surface area contributed by atoms with E-state index in [9.17, 15) is 4.79 Å². The number of esters is 1. The molecule has 1 saturated heterocycles. The van der Waals surface area contributed by atoms with Crippen molar-refractivity contribution in [3.8, 4) is 0 Å². The van der Waals surface area contributed by atoms with Crippen LogP contribution in [0, 0.1) is 5.92 Å². The van der Waals surface area contributed by atoms with Crippen LogP contribution < -0.4 is 0 Å². The van der Waals surface area contributed by atoms with Crippen molar-refractivity contribution in [3.63, 3.8) is 0 Å². The number of thioether (sulfide) groups is 1. The summed E-state index contributed by atoms with van der Waals surface area (Å²) in [5, 5.41) is 2.38. The Morgan fingerprint density at radius 3 is 2.24 bits per heavy atom. The second-order valence-corrected chi connectivity index (χ2v) is 10.6. The van der Waals surface area contributed by atoms with E-state index in [2.05, 4.69) is 44.2 Å². The van der Waals surface area contributed by atoms with Crippen molar-refractivity contribution in [2.75, 3.05) is 0 Å². The molecule has 5 atom stereocenters. The maximum absolute atomic E-state index is 13.2. The third-order valence-electron chi connectivity index (χ3n) is 6.91. The topological polar surface area (TPSA) is 44.8 Å². The first kappa shape index (κ1) is 25.5. The zero-order valence-electron chi connectivity index (χ0n) is 21.2. The molecule has 37 heavy (non-hydrogen) atoms. The van der Waals surface area contributed by atoms with Crippen molar-refractivity contribution in [3.05, 3.63) is 114 Å². The Hall–Kier alpha value is -3.12. The number of ether oxygens (including phenoxy) is 3. The molecule has 4 aromatic rings. The van der Waals surface area contributed by atoms with Gasteiger partial charge in [-0.05, 0) is 53.1 Å². The van der Waals surface area contributed by atoms with Crippen molar-refractivity contribution in [1.82, 2.24) is 0 Å². The van der Waals surface area contributed by atoms with Gasteiger partial charge in [-0.25, -0.2) is 4.79 Å². The minimum atomic E-state index is -0.573. The monoisotopic (exact) mass is 512 g/mol. The van der Waals surface area contributed by atoms with E-state index in [4.69, 9.17) is 14.2 Å². The van der Waals surface area contributed by atoms with Gasteiger partial charge >= 0.3 is 5.97 Å². The number of carbonyl (C=O) groups is 1. The smallest absolute Gasteiger partial charge is 0.338 e. The molecule has 5 rings (SSSR count). The van der Waals surface area contributed by atoms with E-state index in [0.29, 0.717) is 12.2 Å². The predicted octanol–water partition coefficient (Wildman–Crippen LogP) is 7.51. The summed E-state index contributed by atoms with van der Waals surface area (Å²) in [4.78, 5) is 14.3. The molecule has 4 aromatic carbocycles. The van der Waals surface area contributed by atoms with Gasteiger partial charge in [-0.3, -0.25) is 0 Å². The Labute approximate surface area is 222 Å². The van der Waals surface area contributed by atoms with Crippen molar-refractivity contribution in [2.45, 2.75) is 55.5 Å². The molecule has 1 fully saturated rings. The minimum Gasteiger partial charge on any atom is -0.452 e. The molecule has 2 unspecified atom stereocenters. The summed E-state index contributed by atoms with van der Waals surface area (Å²) >= 11 is 1.58. The SMILES string of the molecule is CCC1O[C@H](Sc2ccccc2)C(OC(=O)c2ccccc2)[C@@H](OCc2ccc3ccccc3c2)[C@@H]1C. The van der Waals surface area contributed by atoms with E-state index >= 15 is 0 Å². The molecule has 1 aliphatic rings. The lowest BCUT2D eigenvalue weighted by Crippen LogP contribution is -2.55. The van der Waals surface area contributed by atoms with Crippen LogP contribution in [0.2, 0.25) is 0 Å². The van der Waals surface area contributed by atoms with Gasteiger partial charge in [0.05, 0.1) is 18.3 Å². The number of benzene rings is 4. The molecule has 0 saturated carbocycles. The van der Waals surface area contributed by atoms with Crippen molar-refractivity contribution < 1.29 is 19.0 Å². The lowest BCUT2D eigenvalue weighted by atomic mass is 9.89. The highest BCUT2D eigenvalue weighted by Crippen LogP contribution is 2.39. The van der Waals surface area contributed by atoms with Gasteiger partial charge in [0.1, 0.15) is 11.5 Å². The first-order valence-corrected chi connectivity index (χ1v) is 13.7. The van der Waals surface area contributed by atoms with Gasteiger partial charge < -0.3 is 14.2 Å². The molecular weight excluding hydrogens is 480 g/mol. The molecule has 0 radical (unpaired) electrons. The maximum Gasteiger partial charge on any atom is 0.338 e. The van der Waals surface area contributed by atoms with Crippen LogP contribution in [-0.4, -0.2) is 29.7 Å². The van der Waals surface area contributed by atoms with Crippen LogP contribution in [0.15, 0.2) is 108 Å². The van der Waals surface area contributed by atoms with E-state index in [1.165, 1.54) is 10.8 Å². The van der Waals surface area contributed by atoms with Crippen LogP contribution in [0.5, 0.6) is 0 Å². The number of rotatable bonds is 8. The Bertz CT molecular complexity index is 1310. The average molecular weight is 513 g/mol. The van der Waals surface area contributed by atoms with E-state index in [1.807, 2.05) is 60.7 Å². The number of hydrogen-bond donors (Lipinski definition) is 0. The normalized spacial score (nSPS) is 23.6. The fraction of sp³-hybridized carbons (Fsp3) is 0.281. The molecule has 4 nitrogen and oxygen atoms in total.